The van der Waals surface area contributed by atoms with Crippen molar-refractivity contribution < 1.29 is 13.2 Å². The fourth-order valence-electron chi connectivity index (χ4n) is 1.14. The summed E-state index contributed by atoms with van der Waals surface area (Å²) in [7, 11) is -3.34. The molecule has 16 heavy (non-hydrogen) atoms. The van der Waals surface area contributed by atoms with Crippen LogP contribution in [-0.4, -0.2) is 26.0 Å². The first-order valence-electron chi connectivity index (χ1n) is 5.60. The van der Waals surface area contributed by atoms with Crippen molar-refractivity contribution in [1.29, 1.82) is 0 Å². The van der Waals surface area contributed by atoms with Crippen molar-refractivity contribution in [3.05, 3.63) is 0 Å². The van der Waals surface area contributed by atoms with Crippen LogP contribution >= 0.6 is 0 Å². The summed E-state index contributed by atoms with van der Waals surface area (Å²) in [6, 6.07) is -0.616. The van der Waals surface area contributed by atoms with Gasteiger partial charge in [-0.25, -0.2) is 13.1 Å². The molecule has 0 saturated carbocycles. The molecule has 0 saturated heterocycles. The Hall–Kier alpha value is -0.420. The molecule has 1 unspecified atom stereocenters. The molecule has 0 heterocycles. The van der Waals surface area contributed by atoms with Gasteiger partial charge >= 0.3 is 0 Å². The van der Waals surface area contributed by atoms with E-state index in [1.165, 1.54) is 0 Å². The zero-order valence-corrected chi connectivity index (χ0v) is 11.6. The van der Waals surface area contributed by atoms with E-state index in [2.05, 4.69) is 4.72 Å². The average Bonchev–Trinajstić information content (AvgIpc) is 2.12. The van der Waals surface area contributed by atoms with Crippen LogP contribution in [0.15, 0.2) is 0 Å². The highest BCUT2D eigenvalue weighted by Gasteiger charge is 2.21. The molecule has 0 aromatic heterocycles. The molecule has 0 aliphatic rings. The predicted octanol–water partition coefficient (Wildman–Crippen LogP) is 1.71. The number of nitrogens with one attached hydrogen (secondary N) is 1. The third kappa shape index (κ3) is 6.95. The molecule has 5 heteroatoms. The second-order valence-corrected chi connectivity index (χ2v) is 7.16. The first-order chi connectivity index (χ1) is 7.07. The van der Waals surface area contributed by atoms with Crippen molar-refractivity contribution in [2.24, 2.45) is 5.41 Å². The lowest BCUT2D eigenvalue weighted by Gasteiger charge is -2.19. The van der Waals surface area contributed by atoms with Crippen molar-refractivity contribution in [3.63, 3.8) is 0 Å². The number of carbonyl (C=O) groups is 1. The van der Waals surface area contributed by atoms with Gasteiger partial charge in [-0.15, -0.1) is 0 Å². The molecule has 0 aliphatic heterocycles. The van der Waals surface area contributed by atoms with Crippen molar-refractivity contribution in [3.8, 4) is 0 Å². The van der Waals surface area contributed by atoms with Crippen molar-refractivity contribution in [1.82, 2.24) is 4.72 Å². The Labute approximate surface area is 98.9 Å². The normalized spacial score (nSPS) is 14.8. The van der Waals surface area contributed by atoms with Gasteiger partial charge in [0.1, 0.15) is 5.78 Å². The maximum absolute atomic E-state index is 11.6. The lowest BCUT2D eigenvalue weighted by atomic mass is 9.94. The van der Waals surface area contributed by atoms with Crippen LogP contribution in [0.2, 0.25) is 0 Å². The first kappa shape index (κ1) is 15.6. The van der Waals surface area contributed by atoms with E-state index in [4.69, 9.17) is 0 Å². The van der Waals surface area contributed by atoms with Gasteiger partial charge in [0.25, 0.3) is 0 Å². The van der Waals surface area contributed by atoms with Gasteiger partial charge in [-0.1, -0.05) is 27.7 Å². The number of Topliss-reactive ketones (excluding diaryl/α,β-unsaturated/α-hetero) is 1. The largest absolute Gasteiger partial charge is 0.298 e. The zero-order valence-electron chi connectivity index (χ0n) is 10.8. The lowest BCUT2D eigenvalue weighted by Crippen LogP contribution is -2.40. The Morgan fingerprint density at radius 2 is 1.81 bits per heavy atom. The molecule has 0 amide bonds. The summed E-state index contributed by atoms with van der Waals surface area (Å²) in [6.45, 7) is 9.28. The monoisotopic (exact) mass is 249 g/mol. The third-order valence-electron chi connectivity index (χ3n) is 2.31. The standard InChI is InChI=1S/C11H23NO3S/c1-6-10(13)9(2)12-16(14,15)8-7-11(3,4)5/h9,12H,6-8H2,1-5H3. The van der Waals surface area contributed by atoms with Gasteiger partial charge in [0.15, 0.2) is 0 Å². The Kier molecular flexibility index (Phi) is 5.62. The van der Waals surface area contributed by atoms with Gasteiger partial charge in [0.2, 0.25) is 10.0 Å². The summed E-state index contributed by atoms with van der Waals surface area (Å²) in [4.78, 5) is 11.3. The molecule has 0 fully saturated rings. The topological polar surface area (TPSA) is 63.2 Å². The lowest BCUT2D eigenvalue weighted by molar-refractivity contribution is -0.119. The van der Waals surface area contributed by atoms with Crippen LogP contribution in [0.3, 0.4) is 0 Å². The van der Waals surface area contributed by atoms with E-state index in [0.717, 1.165) is 0 Å². The number of hydrogen-bond acceptors (Lipinski definition) is 3. The molecular weight excluding hydrogens is 226 g/mol. The summed E-state index contributed by atoms with van der Waals surface area (Å²) in [5.41, 5.74) is -0.0211. The molecule has 1 atom stereocenters. The fourth-order valence-corrected chi connectivity index (χ4v) is 2.81. The smallest absolute Gasteiger partial charge is 0.212 e. The van der Waals surface area contributed by atoms with E-state index in [0.29, 0.717) is 12.8 Å². The van der Waals surface area contributed by atoms with Crippen molar-refractivity contribution in [2.45, 2.75) is 53.5 Å². The second kappa shape index (κ2) is 5.77. The van der Waals surface area contributed by atoms with Crippen LogP contribution in [0.25, 0.3) is 0 Å². The Morgan fingerprint density at radius 3 is 2.19 bits per heavy atom. The summed E-state index contributed by atoms with van der Waals surface area (Å²) in [5, 5.41) is 0. The van der Waals surface area contributed by atoms with Crippen LogP contribution in [0.4, 0.5) is 0 Å². The number of rotatable bonds is 6. The maximum Gasteiger partial charge on any atom is 0.212 e. The van der Waals surface area contributed by atoms with E-state index >= 15 is 0 Å². The summed E-state index contributed by atoms with van der Waals surface area (Å²) in [6.07, 6.45) is 0.929. The average molecular weight is 249 g/mol. The minimum Gasteiger partial charge on any atom is -0.298 e. The molecule has 0 spiro atoms. The van der Waals surface area contributed by atoms with Gasteiger partial charge in [-0.3, -0.25) is 4.79 Å². The van der Waals surface area contributed by atoms with Gasteiger partial charge in [-0.05, 0) is 18.8 Å². The van der Waals surface area contributed by atoms with Crippen LogP contribution in [0.1, 0.15) is 47.5 Å². The fraction of sp³-hybridized carbons (Fsp3) is 0.909. The minimum absolute atomic E-state index is 0.0211. The number of ketones is 1. The van der Waals surface area contributed by atoms with Crippen LogP contribution in [-0.2, 0) is 14.8 Å². The molecular formula is C11H23NO3S. The molecule has 1 N–H and O–H groups in total. The Morgan fingerprint density at radius 1 is 1.31 bits per heavy atom. The number of hydrogen-bond donors (Lipinski definition) is 1. The molecule has 0 aliphatic carbocycles. The van der Waals surface area contributed by atoms with E-state index < -0.39 is 16.1 Å². The summed E-state index contributed by atoms with van der Waals surface area (Å²) < 4.78 is 25.7. The van der Waals surface area contributed by atoms with Gasteiger partial charge in [0.05, 0.1) is 11.8 Å². The van der Waals surface area contributed by atoms with E-state index in [1.54, 1.807) is 13.8 Å². The Bertz CT molecular complexity index is 328. The second-order valence-electron chi connectivity index (χ2n) is 5.29. The van der Waals surface area contributed by atoms with Gasteiger partial charge < -0.3 is 0 Å². The quantitative estimate of drug-likeness (QED) is 0.779. The highest BCUT2D eigenvalue weighted by Crippen LogP contribution is 2.18. The summed E-state index contributed by atoms with van der Waals surface area (Å²) >= 11 is 0. The van der Waals surface area contributed by atoms with Crippen molar-refractivity contribution in [2.75, 3.05) is 5.75 Å². The summed E-state index contributed by atoms with van der Waals surface area (Å²) in [5.74, 6) is -0.0167. The first-order valence-corrected chi connectivity index (χ1v) is 7.25. The third-order valence-corrected chi connectivity index (χ3v) is 3.76. The highest BCUT2D eigenvalue weighted by molar-refractivity contribution is 7.89. The molecule has 0 rings (SSSR count). The molecule has 0 aromatic rings. The highest BCUT2D eigenvalue weighted by atomic mass is 32.2. The molecule has 0 aromatic carbocycles. The molecule has 96 valence electrons. The van der Waals surface area contributed by atoms with E-state index in [-0.39, 0.29) is 17.0 Å². The Balaban J connectivity index is 4.31. The number of carbonyl (C=O) groups excluding carboxylic acids is 1. The van der Waals surface area contributed by atoms with Crippen molar-refractivity contribution >= 4 is 15.8 Å². The minimum atomic E-state index is -3.34. The van der Waals surface area contributed by atoms with Crippen LogP contribution in [0.5, 0.6) is 0 Å². The van der Waals surface area contributed by atoms with Crippen LogP contribution in [0, 0.1) is 5.41 Å². The molecule has 0 radical (unpaired) electrons. The van der Waals surface area contributed by atoms with Crippen LogP contribution < -0.4 is 4.72 Å². The maximum atomic E-state index is 11.6. The SMILES string of the molecule is CCC(=O)C(C)NS(=O)(=O)CCC(C)(C)C. The number of sulfonamides is 1. The zero-order chi connectivity index (χ0) is 13.0. The van der Waals surface area contributed by atoms with E-state index in [9.17, 15) is 13.2 Å². The van der Waals surface area contributed by atoms with Gasteiger partial charge in [0, 0.05) is 6.42 Å². The molecule has 4 nitrogen and oxygen atoms in total. The predicted molar refractivity (Wildman–Crippen MR) is 65.8 cm³/mol. The van der Waals surface area contributed by atoms with E-state index in [1.807, 2.05) is 20.8 Å². The molecule has 0 bridgehead atoms. The van der Waals surface area contributed by atoms with Gasteiger partial charge in [-0.2, -0.15) is 0 Å².